The molecule has 0 spiro atoms. The zero-order valence-corrected chi connectivity index (χ0v) is 14.3. The number of nitrogens with one attached hydrogen (secondary N) is 1. The van der Waals surface area contributed by atoms with Gasteiger partial charge in [-0.05, 0) is 59.7 Å². The molecular weight excluding hydrogens is 332 g/mol. The van der Waals surface area contributed by atoms with Gasteiger partial charge in [-0.25, -0.2) is 4.68 Å². The number of anilines is 1. The van der Waals surface area contributed by atoms with E-state index >= 15 is 0 Å². The summed E-state index contributed by atoms with van der Waals surface area (Å²) in [6.45, 7) is 1.35. The third-order valence-electron chi connectivity index (χ3n) is 4.83. The van der Waals surface area contributed by atoms with Gasteiger partial charge in [0.25, 0.3) is 0 Å². The summed E-state index contributed by atoms with van der Waals surface area (Å²) in [6.07, 6.45) is 7.65. The van der Waals surface area contributed by atoms with Crippen molar-refractivity contribution >= 4 is 11.6 Å². The predicted molar refractivity (Wildman–Crippen MR) is 94.9 cm³/mol. The summed E-state index contributed by atoms with van der Waals surface area (Å²) < 4.78 is 9.22. The lowest BCUT2D eigenvalue weighted by atomic mass is 9.86. The summed E-state index contributed by atoms with van der Waals surface area (Å²) in [5, 5.41) is 14.1. The predicted octanol–water partition coefficient (Wildman–Crippen LogP) is 2.00. The molecule has 2 aromatic heterocycles. The minimum atomic E-state index is -0.224. The van der Waals surface area contributed by atoms with Crippen LogP contribution in [0.3, 0.4) is 0 Å². The van der Waals surface area contributed by atoms with Crippen molar-refractivity contribution in [3.05, 3.63) is 55.1 Å². The molecular formula is C18H20N6O2. The van der Waals surface area contributed by atoms with Crippen LogP contribution < -0.4 is 5.32 Å². The molecule has 1 aliphatic heterocycles. The molecule has 1 amide bonds. The van der Waals surface area contributed by atoms with Gasteiger partial charge in [-0.2, -0.15) is 0 Å². The fraction of sp³-hybridized carbons (Fsp3) is 0.333. The molecule has 0 saturated carbocycles. The van der Waals surface area contributed by atoms with Gasteiger partial charge >= 0.3 is 0 Å². The number of nitrogens with zero attached hydrogens (tertiary/aromatic N) is 5. The largest absolute Gasteiger partial charge is 0.381 e. The molecule has 0 atom stereocenters. The van der Waals surface area contributed by atoms with Gasteiger partial charge in [-0.15, -0.1) is 5.10 Å². The third-order valence-corrected chi connectivity index (χ3v) is 4.83. The van der Waals surface area contributed by atoms with Gasteiger partial charge < -0.3 is 14.6 Å². The van der Waals surface area contributed by atoms with E-state index in [0.717, 1.165) is 24.2 Å². The van der Waals surface area contributed by atoms with Crippen LogP contribution in [0.5, 0.6) is 0 Å². The van der Waals surface area contributed by atoms with Crippen LogP contribution in [0.2, 0.25) is 0 Å². The first-order chi connectivity index (χ1) is 12.8. The summed E-state index contributed by atoms with van der Waals surface area (Å²) >= 11 is 0. The first kappa shape index (κ1) is 16.5. The molecule has 1 saturated heterocycles. The lowest BCUT2D eigenvalue weighted by Crippen LogP contribution is -2.42. The Morgan fingerprint density at radius 1 is 1.15 bits per heavy atom. The zero-order chi connectivity index (χ0) is 17.8. The smallest absolute Gasteiger partial charge is 0.226 e. The first-order valence-corrected chi connectivity index (χ1v) is 8.60. The number of tetrazole rings is 1. The molecule has 134 valence electrons. The highest BCUT2D eigenvalue weighted by Gasteiger charge is 2.36. The van der Waals surface area contributed by atoms with E-state index < -0.39 is 0 Å². The maximum absolute atomic E-state index is 12.7. The SMILES string of the molecule is O=C(CC1(n2cccc2)CCOCC1)Nc1ccc(-n2cnnn2)cc1. The second-order valence-electron chi connectivity index (χ2n) is 6.45. The number of carbonyl (C=O) groups excluding carboxylic acids is 1. The van der Waals surface area contributed by atoms with Crippen molar-refractivity contribution in [2.75, 3.05) is 18.5 Å². The Hall–Kier alpha value is -3.00. The number of carbonyl (C=O) groups is 1. The van der Waals surface area contributed by atoms with Crippen LogP contribution in [0.15, 0.2) is 55.1 Å². The van der Waals surface area contributed by atoms with E-state index in [1.54, 1.807) is 4.68 Å². The zero-order valence-electron chi connectivity index (χ0n) is 14.3. The van der Waals surface area contributed by atoms with E-state index in [1.165, 1.54) is 6.33 Å². The number of ether oxygens (including phenoxy) is 1. The Morgan fingerprint density at radius 3 is 2.54 bits per heavy atom. The maximum atomic E-state index is 12.7. The highest BCUT2D eigenvalue weighted by Crippen LogP contribution is 2.33. The molecule has 3 aromatic rings. The Balaban J connectivity index is 1.45. The lowest BCUT2D eigenvalue weighted by Gasteiger charge is -2.38. The van der Waals surface area contributed by atoms with Gasteiger partial charge in [0.05, 0.1) is 17.6 Å². The Bertz CT molecular complexity index is 836. The van der Waals surface area contributed by atoms with Crippen LogP contribution in [0, 0.1) is 0 Å². The summed E-state index contributed by atoms with van der Waals surface area (Å²) in [5.41, 5.74) is 1.36. The summed E-state index contributed by atoms with van der Waals surface area (Å²) in [7, 11) is 0. The average molecular weight is 352 g/mol. The molecule has 1 aliphatic rings. The number of rotatable bonds is 5. The maximum Gasteiger partial charge on any atom is 0.226 e. The van der Waals surface area contributed by atoms with Crippen molar-refractivity contribution in [1.29, 1.82) is 0 Å². The summed E-state index contributed by atoms with van der Waals surface area (Å²) in [4.78, 5) is 12.7. The topological polar surface area (TPSA) is 86.9 Å². The molecule has 0 radical (unpaired) electrons. The van der Waals surface area contributed by atoms with Crippen LogP contribution in [0.25, 0.3) is 5.69 Å². The van der Waals surface area contributed by atoms with E-state index in [0.29, 0.717) is 19.6 Å². The second kappa shape index (κ2) is 7.09. The number of hydrogen-bond acceptors (Lipinski definition) is 5. The molecule has 0 unspecified atom stereocenters. The normalized spacial score (nSPS) is 16.3. The number of hydrogen-bond donors (Lipinski definition) is 1. The van der Waals surface area contributed by atoms with E-state index in [9.17, 15) is 4.79 Å². The van der Waals surface area contributed by atoms with E-state index in [2.05, 4.69) is 25.4 Å². The number of benzene rings is 1. The fourth-order valence-corrected chi connectivity index (χ4v) is 3.41. The van der Waals surface area contributed by atoms with Crippen LogP contribution in [0.1, 0.15) is 19.3 Å². The number of amides is 1. The highest BCUT2D eigenvalue weighted by molar-refractivity contribution is 5.91. The molecule has 0 bridgehead atoms. The Morgan fingerprint density at radius 2 is 1.88 bits per heavy atom. The van der Waals surface area contributed by atoms with Crippen LogP contribution >= 0.6 is 0 Å². The van der Waals surface area contributed by atoms with Crippen LogP contribution in [0.4, 0.5) is 5.69 Å². The van der Waals surface area contributed by atoms with Crippen molar-refractivity contribution in [3.8, 4) is 5.69 Å². The Kier molecular flexibility index (Phi) is 4.49. The summed E-state index contributed by atoms with van der Waals surface area (Å²) in [5.74, 6) is -0.00391. The molecule has 1 aromatic carbocycles. The van der Waals surface area contributed by atoms with Crippen LogP contribution in [-0.2, 0) is 15.1 Å². The van der Waals surface area contributed by atoms with Crippen LogP contribution in [-0.4, -0.2) is 43.9 Å². The lowest BCUT2D eigenvalue weighted by molar-refractivity contribution is -0.119. The highest BCUT2D eigenvalue weighted by atomic mass is 16.5. The van der Waals surface area contributed by atoms with Gasteiger partial charge in [0.1, 0.15) is 6.33 Å². The van der Waals surface area contributed by atoms with E-state index in [-0.39, 0.29) is 11.4 Å². The monoisotopic (exact) mass is 352 g/mol. The van der Waals surface area contributed by atoms with Crippen molar-refractivity contribution in [2.24, 2.45) is 0 Å². The van der Waals surface area contributed by atoms with Gasteiger partial charge in [0, 0.05) is 31.3 Å². The molecule has 0 aliphatic carbocycles. The first-order valence-electron chi connectivity index (χ1n) is 8.60. The third kappa shape index (κ3) is 3.36. The molecule has 8 heteroatoms. The fourth-order valence-electron chi connectivity index (χ4n) is 3.41. The van der Waals surface area contributed by atoms with Crippen molar-refractivity contribution < 1.29 is 9.53 Å². The van der Waals surface area contributed by atoms with Gasteiger partial charge in [-0.3, -0.25) is 4.79 Å². The number of aromatic nitrogens is 5. The quantitative estimate of drug-likeness (QED) is 0.759. The molecule has 8 nitrogen and oxygen atoms in total. The minimum absolute atomic E-state index is 0.00391. The molecule has 1 N–H and O–H groups in total. The second-order valence-corrected chi connectivity index (χ2v) is 6.45. The minimum Gasteiger partial charge on any atom is -0.381 e. The molecule has 1 fully saturated rings. The van der Waals surface area contributed by atoms with E-state index in [4.69, 9.17) is 4.74 Å². The molecule has 26 heavy (non-hydrogen) atoms. The Labute approximate surface area is 150 Å². The standard InChI is InChI=1S/C18H20N6O2/c25-17(13-18(7-11-26-12-8-18)23-9-1-2-10-23)20-15-3-5-16(6-4-15)24-14-19-21-22-24/h1-6,9-10,14H,7-8,11-13H2,(H,20,25). The molecule has 4 rings (SSSR count). The van der Waals surface area contributed by atoms with Crippen molar-refractivity contribution in [2.45, 2.75) is 24.8 Å². The van der Waals surface area contributed by atoms with Gasteiger partial charge in [0.15, 0.2) is 0 Å². The van der Waals surface area contributed by atoms with Gasteiger partial charge in [0.2, 0.25) is 5.91 Å². The average Bonchev–Trinajstić information content (AvgIpc) is 3.37. The van der Waals surface area contributed by atoms with E-state index in [1.807, 2.05) is 48.8 Å². The summed E-state index contributed by atoms with van der Waals surface area (Å²) in [6, 6.07) is 11.4. The van der Waals surface area contributed by atoms with Gasteiger partial charge in [-0.1, -0.05) is 0 Å². The van der Waals surface area contributed by atoms with Crippen molar-refractivity contribution in [1.82, 2.24) is 24.8 Å². The molecule has 3 heterocycles. The van der Waals surface area contributed by atoms with Crippen molar-refractivity contribution in [3.63, 3.8) is 0 Å².